The summed E-state index contributed by atoms with van der Waals surface area (Å²) in [7, 11) is -4.03. The highest BCUT2D eigenvalue weighted by atomic mass is 32.2. The van der Waals surface area contributed by atoms with Crippen molar-refractivity contribution in [3.05, 3.63) is 64.3 Å². The maximum atomic E-state index is 13.1. The van der Waals surface area contributed by atoms with Gasteiger partial charge in [-0.15, -0.1) is 0 Å². The Labute approximate surface area is 166 Å². The van der Waals surface area contributed by atoms with Crippen molar-refractivity contribution >= 4 is 38.6 Å². The van der Waals surface area contributed by atoms with Gasteiger partial charge in [0.05, 0.1) is 28.5 Å². The lowest BCUT2D eigenvalue weighted by Gasteiger charge is -2.29. The van der Waals surface area contributed by atoms with Crippen LogP contribution in [-0.4, -0.2) is 49.9 Å². The molecule has 1 fully saturated rings. The summed E-state index contributed by atoms with van der Waals surface area (Å²) in [4.78, 5) is 23.8. The molecule has 2 aromatic carbocycles. The number of hydrogen-bond donors (Lipinski definition) is 0. The van der Waals surface area contributed by atoms with Crippen molar-refractivity contribution in [3.63, 3.8) is 0 Å². The topological polar surface area (TPSA) is 112 Å². The number of nitro benzene ring substituents is 1. The molecular weight excluding hydrogens is 398 g/mol. The number of non-ortho nitro benzene ring substituents is 1. The number of nitrogens with zero attached hydrogens (tertiary/aromatic N) is 3. The number of benzene rings is 2. The van der Waals surface area contributed by atoms with E-state index in [1.54, 1.807) is 12.1 Å². The average Bonchev–Trinajstić information content (AvgIpc) is 3.13. The molecule has 29 heavy (non-hydrogen) atoms. The third kappa shape index (κ3) is 3.36. The zero-order chi connectivity index (χ0) is 20.6. The van der Waals surface area contributed by atoms with Crippen molar-refractivity contribution in [3.8, 4) is 0 Å². The number of carbonyl (C=O) groups excluding carboxylic acids is 1. The monoisotopic (exact) mass is 415 g/mol. The molecule has 1 saturated heterocycles. The Morgan fingerprint density at radius 3 is 2.38 bits per heavy atom. The number of morpholine rings is 1. The van der Waals surface area contributed by atoms with Gasteiger partial charge in [-0.2, -0.15) is 0 Å². The van der Waals surface area contributed by atoms with Gasteiger partial charge < -0.3 is 9.64 Å². The standard InChI is InChI=1S/C19H17N3O6S/c23-13-14-12-21(29(26,27)17-4-1-15(2-5-17)22(24)25)19-6-3-16(11-18(14)19)20-7-9-28-10-8-20/h1-6,11-13H,7-10H2. The van der Waals surface area contributed by atoms with Crippen molar-refractivity contribution in [2.75, 3.05) is 31.2 Å². The second-order valence-corrected chi connectivity index (χ2v) is 8.37. The Hall–Kier alpha value is -3.24. The van der Waals surface area contributed by atoms with Crippen LogP contribution in [0.1, 0.15) is 10.4 Å². The van der Waals surface area contributed by atoms with Gasteiger partial charge in [0.1, 0.15) is 0 Å². The molecule has 3 aromatic rings. The molecule has 0 atom stereocenters. The van der Waals surface area contributed by atoms with Gasteiger partial charge in [-0.05, 0) is 30.3 Å². The number of rotatable bonds is 5. The molecule has 9 nitrogen and oxygen atoms in total. The predicted molar refractivity (Wildman–Crippen MR) is 106 cm³/mol. The molecule has 0 amide bonds. The number of fused-ring (bicyclic) bond motifs is 1. The number of aromatic nitrogens is 1. The van der Waals surface area contributed by atoms with Crippen molar-refractivity contribution in [1.82, 2.24) is 3.97 Å². The lowest BCUT2D eigenvalue weighted by Crippen LogP contribution is -2.36. The molecule has 4 rings (SSSR count). The van der Waals surface area contributed by atoms with E-state index < -0.39 is 14.9 Å². The molecule has 0 saturated carbocycles. The summed E-state index contributed by atoms with van der Waals surface area (Å²) in [5.41, 5.74) is 1.29. The Balaban J connectivity index is 1.80. The first-order valence-electron chi connectivity index (χ1n) is 8.85. The summed E-state index contributed by atoms with van der Waals surface area (Å²) in [5.74, 6) is 0. The Morgan fingerprint density at radius 1 is 1.07 bits per heavy atom. The van der Waals surface area contributed by atoms with Crippen LogP contribution in [0.2, 0.25) is 0 Å². The number of aldehydes is 1. The van der Waals surface area contributed by atoms with E-state index in [1.807, 2.05) is 6.07 Å². The molecule has 0 radical (unpaired) electrons. The van der Waals surface area contributed by atoms with Crippen LogP contribution < -0.4 is 4.90 Å². The van der Waals surface area contributed by atoms with Crippen molar-refractivity contribution in [2.24, 2.45) is 0 Å². The van der Waals surface area contributed by atoms with E-state index in [4.69, 9.17) is 4.74 Å². The number of nitro groups is 1. The molecular formula is C19H17N3O6S. The van der Waals surface area contributed by atoms with Gasteiger partial charge in [-0.25, -0.2) is 12.4 Å². The fourth-order valence-electron chi connectivity index (χ4n) is 3.38. The highest BCUT2D eigenvalue weighted by Gasteiger charge is 2.23. The molecule has 1 aromatic heterocycles. The van der Waals surface area contributed by atoms with Crippen molar-refractivity contribution in [1.29, 1.82) is 0 Å². The Morgan fingerprint density at radius 2 is 1.76 bits per heavy atom. The number of ether oxygens (including phenoxy) is 1. The SMILES string of the molecule is O=Cc1cn(S(=O)(=O)c2ccc([N+](=O)[O-])cc2)c2ccc(N3CCOCC3)cc12. The maximum absolute atomic E-state index is 13.1. The molecule has 1 aliphatic rings. The summed E-state index contributed by atoms with van der Waals surface area (Å²) in [5, 5.41) is 11.3. The summed E-state index contributed by atoms with van der Waals surface area (Å²) in [6, 6.07) is 9.90. The summed E-state index contributed by atoms with van der Waals surface area (Å²) >= 11 is 0. The maximum Gasteiger partial charge on any atom is 0.269 e. The first kappa shape index (κ1) is 19.1. The van der Waals surface area contributed by atoms with Crippen LogP contribution >= 0.6 is 0 Å². The molecule has 0 bridgehead atoms. The van der Waals surface area contributed by atoms with E-state index in [0.29, 0.717) is 43.5 Å². The minimum atomic E-state index is -4.03. The fourth-order valence-corrected chi connectivity index (χ4v) is 4.75. The summed E-state index contributed by atoms with van der Waals surface area (Å²) in [6.07, 6.45) is 1.89. The lowest BCUT2D eigenvalue weighted by molar-refractivity contribution is -0.384. The van der Waals surface area contributed by atoms with Gasteiger partial charge in [-0.1, -0.05) is 0 Å². The third-order valence-electron chi connectivity index (χ3n) is 4.89. The minimum Gasteiger partial charge on any atom is -0.378 e. The first-order valence-corrected chi connectivity index (χ1v) is 10.3. The van der Waals surface area contributed by atoms with Crippen LogP contribution in [0, 0.1) is 10.1 Å². The van der Waals surface area contributed by atoms with E-state index in [0.717, 1.165) is 21.8 Å². The van der Waals surface area contributed by atoms with E-state index in [9.17, 15) is 23.3 Å². The van der Waals surface area contributed by atoms with Crippen molar-refractivity contribution in [2.45, 2.75) is 4.90 Å². The third-order valence-corrected chi connectivity index (χ3v) is 6.58. The minimum absolute atomic E-state index is 0.102. The van der Waals surface area contributed by atoms with Gasteiger partial charge in [-0.3, -0.25) is 14.9 Å². The molecule has 150 valence electrons. The van der Waals surface area contributed by atoms with Gasteiger partial charge in [0.15, 0.2) is 6.29 Å². The van der Waals surface area contributed by atoms with Gasteiger partial charge in [0, 0.05) is 48.1 Å². The first-order chi connectivity index (χ1) is 13.9. The molecule has 0 aliphatic carbocycles. The Kier molecular flexibility index (Phi) is 4.81. The van der Waals surface area contributed by atoms with Gasteiger partial charge in [0.25, 0.3) is 15.7 Å². The van der Waals surface area contributed by atoms with Gasteiger partial charge in [0.2, 0.25) is 0 Å². The van der Waals surface area contributed by atoms with E-state index in [-0.39, 0.29) is 16.1 Å². The summed E-state index contributed by atoms with van der Waals surface area (Å²) < 4.78 is 32.6. The van der Waals surface area contributed by atoms with E-state index in [1.165, 1.54) is 18.3 Å². The predicted octanol–water partition coefficient (Wildman–Crippen LogP) is 2.44. The van der Waals surface area contributed by atoms with Crippen LogP contribution in [0.3, 0.4) is 0 Å². The highest BCUT2D eigenvalue weighted by Crippen LogP contribution is 2.30. The number of anilines is 1. The molecule has 1 aliphatic heterocycles. The fraction of sp³-hybridized carbons (Fsp3) is 0.211. The van der Waals surface area contributed by atoms with E-state index in [2.05, 4.69) is 4.90 Å². The summed E-state index contributed by atoms with van der Waals surface area (Å²) in [6.45, 7) is 2.63. The van der Waals surface area contributed by atoms with Crippen molar-refractivity contribution < 1.29 is 22.9 Å². The molecule has 0 N–H and O–H groups in total. The second kappa shape index (κ2) is 7.30. The van der Waals surface area contributed by atoms with Crippen LogP contribution in [0.25, 0.3) is 10.9 Å². The Bertz CT molecular complexity index is 1190. The van der Waals surface area contributed by atoms with Crippen LogP contribution in [-0.2, 0) is 14.8 Å². The molecule has 0 unspecified atom stereocenters. The highest BCUT2D eigenvalue weighted by molar-refractivity contribution is 7.90. The van der Waals surface area contributed by atoms with Gasteiger partial charge >= 0.3 is 0 Å². The van der Waals surface area contributed by atoms with Crippen LogP contribution in [0.4, 0.5) is 11.4 Å². The number of hydrogen-bond acceptors (Lipinski definition) is 7. The van der Waals surface area contributed by atoms with Crippen LogP contribution in [0.5, 0.6) is 0 Å². The zero-order valence-corrected chi connectivity index (χ0v) is 16.0. The largest absolute Gasteiger partial charge is 0.378 e. The second-order valence-electron chi connectivity index (χ2n) is 6.56. The van der Waals surface area contributed by atoms with E-state index >= 15 is 0 Å². The molecule has 2 heterocycles. The average molecular weight is 415 g/mol. The van der Waals surface area contributed by atoms with Crippen LogP contribution in [0.15, 0.2) is 53.6 Å². The quantitative estimate of drug-likeness (QED) is 0.357. The smallest absolute Gasteiger partial charge is 0.269 e. The normalized spacial score (nSPS) is 14.8. The molecule has 10 heteroatoms. The lowest BCUT2D eigenvalue weighted by atomic mass is 10.1. The zero-order valence-electron chi connectivity index (χ0n) is 15.2. The number of carbonyl (C=O) groups is 1. The molecule has 0 spiro atoms.